The number of carbonyl (C=O) groups is 3. The maximum absolute atomic E-state index is 16.7. The van der Waals surface area contributed by atoms with Crippen LogP contribution in [0.2, 0.25) is 0 Å². The standard InChI is InChI=1S/C22H29FO3/c1-12-9-17-16-6-5-14-10-15(25)7-8-21(14,4)22(16,23)18(26)11-20(17,3)19(12)13(2)24/h10,12,16-17,19H,5-9,11H2,1-4H3/t12-,16+,17+,19-,20+,21+,22+/m1/s1. The summed E-state index contributed by atoms with van der Waals surface area (Å²) in [4.78, 5) is 37.5. The van der Waals surface area contributed by atoms with E-state index in [1.807, 2.05) is 13.8 Å². The van der Waals surface area contributed by atoms with Crippen LogP contribution in [0.15, 0.2) is 11.6 Å². The number of rotatable bonds is 1. The van der Waals surface area contributed by atoms with Gasteiger partial charge in [-0.3, -0.25) is 14.4 Å². The molecule has 0 spiro atoms. The second-order valence-electron chi connectivity index (χ2n) is 9.84. The zero-order chi connectivity index (χ0) is 19.1. The molecule has 0 aliphatic heterocycles. The van der Waals surface area contributed by atoms with Gasteiger partial charge in [-0.25, -0.2) is 4.39 Å². The molecule has 7 atom stereocenters. The third kappa shape index (κ3) is 1.96. The van der Waals surface area contributed by atoms with Gasteiger partial charge in [-0.05, 0) is 55.9 Å². The van der Waals surface area contributed by atoms with Crippen LogP contribution in [0, 0.1) is 34.5 Å². The molecule has 4 heteroatoms. The van der Waals surface area contributed by atoms with Crippen molar-refractivity contribution in [2.75, 3.05) is 0 Å². The van der Waals surface area contributed by atoms with Gasteiger partial charge >= 0.3 is 0 Å². The zero-order valence-electron chi connectivity index (χ0n) is 16.2. The van der Waals surface area contributed by atoms with Crippen molar-refractivity contribution in [2.45, 2.75) is 71.9 Å². The first-order chi connectivity index (χ1) is 12.1. The summed E-state index contributed by atoms with van der Waals surface area (Å²) in [5.74, 6) is -0.384. The summed E-state index contributed by atoms with van der Waals surface area (Å²) >= 11 is 0. The van der Waals surface area contributed by atoms with E-state index in [4.69, 9.17) is 0 Å². The van der Waals surface area contributed by atoms with Gasteiger partial charge in [-0.1, -0.05) is 26.3 Å². The molecule has 142 valence electrons. The van der Waals surface area contributed by atoms with Gasteiger partial charge in [0.2, 0.25) is 0 Å². The van der Waals surface area contributed by atoms with Crippen LogP contribution in [0.5, 0.6) is 0 Å². The fourth-order valence-electron chi connectivity index (χ4n) is 7.53. The van der Waals surface area contributed by atoms with Crippen LogP contribution in [0.3, 0.4) is 0 Å². The van der Waals surface area contributed by atoms with Gasteiger partial charge < -0.3 is 0 Å². The van der Waals surface area contributed by atoms with Gasteiger partial charge in [-0.15, -0.1) is 0 Å². The first kappa shape index (κ1) is 18.1. The Bertz CT molecular complexity index is 740. The normalized spacial score (nSPS) is 50.6. The van der Waals surface area contributed by atoms with E-state index in [9.17, 15) is 14.4 Å². The Morgan fingerprint density at radius 3 is 2.54 bits per heavy atom. The molecule has 0 aromatic rings. The van der Waals surface area contributed by atoms with E-state index in [0.29, 0.717) is 25.7 Å². The van der Waals surface area contributed by atoms with Crippen molar-refractivity contribution in [2.24, 2.45) is 34.5 Å². The van der Waals surface area contributed by atoms with Gasteiger partial charge in [0.05, 0.1) is 0 Å². The largest absolute Gasteiger partial charge is 0.300 e. The average Bonchev–Trinajstić information content (AvgIpc) is 2.80. The monoisotopic (exact) mass is 360 g/mol. The highest BCUT2D eigenvalue weighted by molar-refractivity contribution is 5.96. The molecule has 3 fully saturated rings. The van der Waals surface area contributed by atoms with E-state index < -0.39 is 16.5 Å². The van der Waals surface area contributed by atoms with Gasteiger partial charge in [0, 0.05) is 30.1 Å². The molecule has 0 aromatic carbocycles. The quantitative estimate of drug-likeness (QED) is 0.703. The van der Waals surface area contributed by atoms with Crippen molar-refractivity contribution >= 4 is 17.3 Å². The molecule has 0 radical (unpaired) electrons. The van der Waals surface area contributed by atoms with E-state index in [1.165, 1.54) is 0 Å². The Balaban J connectivity index is 1.82. The average molecular weight is 360 g/mol. The van der Waals surface area contributed by atoms with Crippen LogP contribution in [-0.2, 0) is 14.4 Å². The molecule has 0 aromatic heterocycles. The second kappa shape index (κ2) is 5.36. The Kier molecular flexibility index (Phi) is 3.72. The molecule has 4 aliphatic carbocycles. The molecular weight excluding hydrogens is 331 g/mol. The van der Waals surface area contributed by atoms with Gasteiger partial charge in [0.25, 0.3) is 0 Å². The summed E-state index contributed by atoms with van der Waals surface area (Å²) in [6.45, 7) is 7.60. The minimum Gasteiger partial charge on any atom is -0.300 e. The predicted octanol–water partition coefficient (Wildman–Crippen LogP) is 4.24. The van der Waals surface area contributed by atoms with Crippen molar-refractivity contribution in [1.82, 2.24) is 0 Å². The summed E-state index contributed by atoms with van der Waals surface area (Å²) in [5, 5.41) is 0. The van der Waals surface area contributed by atoms with Crippen molar-refractivity contribution < 1.29 is 18.8 Å². The maximum Gasteiger partial charge on any atom is 0.180 e. The molecule has 3 saturated carbocycles. The predicted molar refractivity (Wildman–Crippen MR) is 96.2 cm³/mol. The van der Waals surface area contributed by atoms with Gasteiger partial charge in [0.15, 0.2) is 17.2 Å². The highest BCUT2D eigenvalue weighted by Gasteiger charge is 2.72. The number of Topliss-reactive ketones (excluding diaryl/α,β-unsaturated/α-hetero) is 2. The molecule has 0 bridgehead atoms. The van der Waals surface area contributed by atoms with E-state index in [2.05, 4.69) is 6.92 Å². The minimum absolute atomic E-state index is 0.0544. The van der Waals surface area contributed by atoms with Crippen molar-refractivity contribution in [3.05, 3.63) is 11.6 Å². The SMILES string of the molecule is CC(=O)[C@H]1[C@H](C)C[C@H]2[C@@H]3CCC4=CC(=O)CC[C@]4(C)[C@@]3(F)C(=O)C[C@@]21C. The lowest BCUT2D eigenvalue weighted by Crippen LogP contribution is -2.65. The number of alkyl halides is 1. The van der Waals surface area contributed by atoms with Gasteiger partial charge in [0.1, 0.15) is 5.78 Å². The Morgan fingerprint density at radius 2 is 1.88 bits per heavy atom. The molecule has 3 nitrogen and oxygen atoms in total. The van der Waals surface area contributed by atoms with Gasteiger partial charge in [-0.2, -0.15) is 0 Å². The molecule has 4 rings (SSSR count). The highest BCUT2D eigenvalue weighted by Crippen LogP contribution is 2.69. The first-order valence-electron chi connectivity index (χ1n) is 10.0. The fourth-order valence-corrected chi connectivity index (χ4v) is 7.53. The molecule has 0 N–H and O–H groups in total. The topological polar surface area (TPSA) is 51.2 Å². The van der Waals surface area contributed by atoms with E-state index in [0.717, 1.165) is 12.0 Å². The van der Waals surface area contributed by atoms with Crippen LogP contribution in [0.4, 0.5) is 4.39 Å². The molecule has 0 amide bonds. The number of halogens is 1. The lowest BCUT2D eigenvalue weighted by atomic mass is 9.44. The summed E-state index contributed by atoms with van der Waals surface area (Å²) in [7, 11) is 0. The summed E-state index contributed by atoms with van der Waals surface area (Å²) in [6.07, 6.45) is 4.62. The summed E-state index contributed by atoms with van der Waals surface area (Å²) in [5.41, 5.74) is -2.35. The van der Waals surface area contributed by atoms with E-state index >= 15 is 4.39 Å². The number of carbonyl (C=O) groups excluding carboxylic acids is 3. The van der Waals surface area contributed by atoms with Crippen LogP contribution >= 0.6 is 0 Å². The number of hydrogen-bond donors (Lipinski definition) is 0. The lowest BCUT2D eigenvalue weighted by Gasteiger charge is -2.59. The number of ketones is 3. The summed E-state index contributed by atoms with van der Waals surface area (Å²) < 4.78 is 16.7. The van der Waals surface area contributed by atoms with E-state index in [1.54, 1.807) is 13.0 Å². The maximum atomic E-state index is 16.7. The van der Waals surface area contributed by atoms with Crippen molar-refractivity contribution in [3.8, 4) is 0 Å². The van der Waals surface area contributed by atoms with E-state index in [-0.39, 0.29) is 47.4 Å². The third-order valence-corrected chi connectivity index (χ3v) is 8.58. The third-order valence-electron chi connectivity index (χ3n) is 8.58. The molecule has 26 heavy (non-hydrogen) atoms. The van der Waals surface area contributed by atoms with Crippen LogP contribution < -0.4 is 0 Å². The lowest BCUT2D eigenvalue weighted by molar-refractivity contribution is -0.173. The Hall–Kier alpha value is -1.32. The molecule has 0 saturated heterocycles. The number of allylic oxidation sites excluding steroid dienone is 1. The van der Waals surface area contributed by atoms with Crippen LogP contribution in [-0.4, -0.2) is 23.0 Å². The number of hydrogen-bond acceptors (Lipinski definition) is 3. The Labute approximate surface area is 154 Å². The molecule has 4 aliphatic rings. The highest BCUT2D eigenvalue weighted by atomic mass is 19.1. The minimum atomic E-state index is -1.90. The van der Waals surface area contributed by atoms with Crippen LogP contribution in [0.1, 0.15) is 66.2 Å². The van der Waals surface area contributed by atoms with Crippen LogP contribution in [0.25, 0.3) is 0 Å². The second-order valence-corrected chi connectivity index (χ2v) is 9.84. The van der Waals surface area contributed by atoms with Crippen molar-refractivity contribution in [1.29, 1.82) is 0 Å². The molecule has 0 heterocycles. The smallest absolute Gasteiger partial charge is 0.180 e. The molecular formula is C22H29FO3. The fraction of sp³-hybridized carbons (Fsp3) is 0.773. The molecule has 0 unspecified atom stereocenters. The van der Waals surface area contributed by atoms with Crippen molar-refractivity contribution in [3.63, 3.8) is 0 Å². The number of fused-ring (bicyclic) bond motifs is 5. The zero-order valence-corrected chi connectivity index (χ0v) is 16.2. The first-order valence-corrected chi connectivity index (χ1v) is 10.0. The Morgan fingerprint density at radius 1 is 1.19 bits per heavy atom. The summed E-state index contributed by atoms with van der Waals surface area (Å²) in [6, 6.07) is 0.